The van der Waals surface area contributed by atoms with E-state index >= 15 is 0 Å². The standard InChI is InChI=1S/C34H33NO3.C2H6BF/c1-6-35(7-2)26-14-15-29-32(20-26)37-31-17-23(5)25(18-24-13-12-21(3)16-22(24)4)19-30(31)34(29)28-11-9-8-10-27(28)33(36)38-34;1-3(2)4/h8-17,19-20H,6-7,18H2,1-5H3;1-2H3. The van der Waals surface area contributed by atoms with E-state index in [2.05, 4.69) is 88.0 Å². The zero-order valence-electron chi connectivity index (χ0n) is 25.7. The predicted molar refractivity (Wildman–Crippen MR) is 170 cm³/mol. The Bertz CT molecular complexity index is 1640. The minimum Gasteiger partial charge on any atom is -0.456 e. The van der Waals surface area contributed by atoms with Gasteiger partial charge in [0, 0.05) is 41.5 Å². The van der Waals surface area contributed by atoms with E-state index in [1.54, 1.807) is 0 Å². The minimum absolute atomic E-state index is 0.302. The summed E-state index contributed by atoms with van der Waals surface area (Å²) in [7, 11) is 0. The molecule has 4 nitrogen and oxygen atoms in total. The molecular formula is C36H39BFNO3. The summed E-state index contributed by atoms with van der Waals surface area (Å²) in [6, 6.07) is 24.9. The van der Waals surface area contributed by atoms with E-state index in [4.69, 9.17) is 9.47 Å². The molecule has 0 fully saturated rings. The second-order valence-corrected chi connectivity index (χ2v) is 11.5. The van der Waals surface area contributed by atoms with Gasteiger partial charge in [-0.1, -0.05) is 55.6 Å². The summed E-state index contributed by atoms with van der Waals surface area (Å²) in [5, 5.41) is 0. The average Bonchev–Trinajstić information content (AvgIpc) is 3.24. The minimum atomic E-state index is -1.05. The quantitative estimate of drug-likeness (QED) is 0.180. The van der Waals surface area contributed by atoms with Crippen molar-refractivity contribution in [2.24, 2.45) is 0 Å². The van der Waals surface area contributed by atoms with Gasteiger partial charge in [0.2, 0.25) is 0 Å². The lowest BCUT2D eigenvalue weighted by Crippen LogP contribution is -2.33. The summed E-state index contributed by atoms with van der Waals surface area (Å²) < 4.78 is 24.0. The van der Waals surface area contributed by atoms with E-state index in [-0.39, 0.29) is 5.97 Å². The third kappa shape index (κ3) is 5.19. The van der Waals surface area contributed by atoms with Gasteiger partial charge in [0.15, 0.2) is 5.60 Å². The van der Waals surface area contributed by atoms with Gasteiger partial charge in [-0.15, -0.1) is 0 Å². The van der Waals surface area contributed by atoms with Crippen LogP contribution in [-0.2, 0) is 16.8 Å². The molecule has 2 aliphatic rings. The molecule has 6 heteroatoms. The Balaban J connectivity index is 0.000000830. The normalized spacial score (nSPS) is 16.0. The molecule has 1 atom stereocenters. The van der Waals surface area contributed by atoms with Gasteiger partial charge in [0.05, 0.1) is 5.56 Å². The Morgan fingerprint density at radius 1 is 0.786 bits per heavy atom. The van der Waals surface area contributed by atoms with Gasteiger partial charge in [0.1, 0.15) is 11.5 Å². The fourth-order valence-corrected chi connectivity index (χ4v) is 6.08. The molecule has 0 saturated heterocycles. The fourth-order valence-electron chi connectivity index (χ4n) is 6.08. The molecule has 0 aliphatic carbocycles. The van der Waals surface area contributed by atoms with Crippen LogP contribution < -0.4 is 9.64 Å². The average molecular weight is 564 g/mol. The van der Waals surface area contributed by atoms with Gasteiger partial charge >= 0.3 is 13.0 Å². The van der Waals surface area contributed by atoms with E-state index in [0.29, 0.717) is 5.56 Å². The molecule has 0 amide bonds. The highest BCUT2D eigenvalue weighted by molar-refractivity contribution is 6.47. The first kappa shape index (κ1) is 29.4. The number of carbonyl (C=O) groups is 1. The number of anilines is 1. The van der Waals surface area contributed by atoms with Crippen molar-refractivity contribution >= 4 is 18.6 Å². The topological polar surface area (TPSA) is 38.8 Å². The number of halogens is 1. The lowest BCUT2D eigenvalue weighted by Gasteiger charge is -2.37. The van der Waals surface area contributed by atoms with Crippen molar-refractivity contribution in [2.75, 3.05) is 18.0 Å². The van der Waals surface area contributed by atoms with Crippen LogP contribution in [-0.4, -0.2) is 26.0 Å². The largest absolute Gasteiger partial charge is 0.456 e. The predicted octanol–water partition coefficient (Wildman–Crippen LogP) is 8.82. The molecule has 0 radical (unpaired) electrons. The summed E-state index contributed by atoms with van der Waals surface area (Å²) in [5.74, 6) is 1.16. The summed E-state index contributed by atoms with van der Waals surface area (Å²) in [6.45, 7) is 14.8. The van der Waals surface area contributed by atoms with Gasteiger partial charge in [-0.05, 0) is 93.6 Å². The Labute approximate surface area is 249 Å². The van der Waals surface area contributed by atoms with Crippen LogP contribution in [0.4, 0.5) is 10.0 Å². The van der Waals surface area contributed by atoms with Crippen LogP contribution in [0.1, 0.15) is 68.7 Å². The Morgan fingerprint density at radius 3 is 2.14 bits per heavy atom. The molecule has 4 aromatic rings. The maximum absolute atomic E-state index is 13.3. The molecule has 6 rings (SSSR count). The first-order valence-corrected chi connectivity index (χ1v) is 14.8. The van der Waals surface area contributed by atoms with E-state index in [1.807, 2.05) is 24.3 Å². The summed E-state index contributed by atoms with van der Waals surface area (Å²) in [6.07, 6.45) is 0.796. The van der Waals surface area contributed by atoms with Crippen LogP contribution in [0.3, 0.4) is 0 Å². The first-order valence-electron chi connectivity index (χ1n) is 14.8. The monoisotopic (exact) mass is 563 g/mol. The number of hydrogen-bond donors (Lipinski definition) is 0. The third-order valence-corrected chi connectivity index (χ3v) is 8.16. The molecule has 0 N–H and O–H groups in total. The number of nitrogens with zero attached hydrogens (tertiary/aromatic N) is 1. The van der Waals surface area contributed by atoms with E-state index in [9.17, 15) is 9.11 Å². The molecule has 2 heterocycles. The highest BCUT2D eigenvalue weighted by atomic mass is 19.1. The van der Waals surface area contributed by atoms with E-state index in [0.717, 1.165) is 59.0 Å². The van der Waals surface area contributed by atoms with Crippen molar-refractivity contribution in [3.05, 3.63) is 123 Å². The lowest BCUT2D eigenvalue weighted by molar-refractivity contribution is 0.0224. The SMILES string of the molecule is CB(C)F.CCN(CC)c1ccc2c(c1)Oc1cc(C)c(Cc3ccc(C)cc3C)cc1C21OC(=O)c2ccccc21. The fraction of sp³-hybridized carbons (Fsp3) is 0.306. The van der Waals surface area contributed by atoms with Gasteiger partial charge < -0.3 is 18.7 Å². The number of rotatable bonds is 5. The van der Waals surface area contributed by atoms with Crippen LogP contribution in [0.2, 0.25) is 13.6 Å². The molecule has 1 unspecified atom stereocenters. The van der Waals surface area contributed by atoms with Gasteiger partial charge in [-0.2, -0.15) is 0 Å². The zero-order chi connectivity index (χ0) is 30.2. The summed E-state index contributed by atoms with van der Waals surface area (Å²) in [5.41, 5.74) is 9.43. The molecule has 216 valence electrons. The van der Waals surface area contributed by atoms with Crippen LogP contribution in [0, 0.1) is 20.8 Å². The number of benzene rings is 4. The van der Waals surface area contributed by atoms with Crippen molar-refractivity contribution in [3.8, 4) is 11.5 Å². The molecule has 0 bridgehead atoms. The number of aryl methyl sites for hydroxylation is 3. The number of ether oxygens (including phenoxy) is 2. The number of carbonyl (C=O) groups excluding carboxylic acids is 1. The van der Waals surface area contributed by atoms with Crippen molar-refractivity contribution in [3.63, 3.8) is 0 Å². The summed E-state index contributed by atoms with van der Waals surface area (Å²) >= 11 is 0. The lowest BCUT2D eigenvalue weighted by atomic mass is 9.76. The second kappa shape index (κ2) is 11.7. The van der Waals surface area contributed by atoms with Gasteiger partial charge in [-0.25, -0.2) is 4.79 Å². The van der Waals surface area contributed by atoms with Crippen molar-refractivity contribution in [2.45, 2.75) is 60.3 Å². The van der Waals surface area contributed by atoms with E-state index in [1.165, 1.54) is 35.9 Å². The smallest absolute Gasteiger partial charge is 0.342 e. The van der Waals surface area contributed by atoms with Crippen molar-refractivity contribution < 1.29 is 18.6 Å². The Hall–Kier alpha value is -4.06. The highest BCUT2D eigenvalue weighted by Crippen LogP contribution is 2.57. The van der Waals surface area contributed by atoms with Gasteiger partial charge in [-0.3, -0.25) is 0 Å². The maximum Gasteiger partial charge on any atom is 0.342 e. The maximum atomic E-state index is 13.3. The molecule has 0 saturated carbocycles. The highest BCUT2D eigenvalue weighted by Gasteiger charge is 2.53. The van der Waals surface area contributed by atoms with Crippen LogP contribution in [0.25, 0.3) is 0 Å². The summed E-state index contributed by atoms with van der Waals surface area (Å²) in [4.78, 5) is 15.6. The molecule has 2 aliphatic heterocycles. The zero-order valence-corrected chi connectivity index (χ0v) is 25.7. The second-order valence-electron chi connectivity index (χ2n) is 11.5. The number of fused-ring (bicyclic) bond motifs is 6. The molecule has 1 spiro atoms. The Kier molecular flexibility index (Phi) is 8.18. The Morgan fingerprint density at radius 2 is 1.45 bits per heavy atom. The number of esters is 1. The molecular weight excluding hydrogens is 524 g/mol. The molecule has 4 aromatic carbocycles. The molecule has 42 heavy (non-hydrogen) atoms. The first-order chi connectivity index (χ1) is 20.1. The van der Waals surface area contributed by atoms with Crippen molar-refractivity contribution in [1.82, 2.24) is 0 Å². The van der Waals surface area contributed by atoms with Crippen molar-refractivity contribution in [1.29, 1.82) is 0 Å². The van der Waals surface area contributed by atoms with E-state index < -0.39 is 12.6 Å². The third-order valence-electron chi connectivity index (χ3n) is 8.16. The molecule has 0 aromatic heterocycles. The van der Waals surface area contributed by atoms with Crippen LogP contribution >= 0.6 is 0 Å². The van der Waals surface area contributed by atoms with Crippen LogP contribution in [0.5, 0.6) is 11.5 Å². The van der Waals surface area contributed by atoms with Crippen LogP contribution in [0.15, 0.2) is 72.8 Å². The number of hydrogen-bond acceptors (Lipinski definition) is 4. The van der Waals surface area contributed by atoms with Gasteiger partial charge in [0.25, 0.3) is 0 Å².